The number of hydrogen-bond donors (Lipinski definition) is 1. The van der Waals surface area contributed by atoms with Gasteiger partial charge in [0.15, 0.2) is 0 Å². The molecule has 19 heavy (non-hydrogen) atoms. The fourth-order valence-corrected chi connectivity index (χ4v) is 3.26. The first-order valence-electron chi connectivity index (χ1n) is 5.75. The van der Waals surface area contributed by atoms with E-state index >= 15 is 0 Å². The fraction of sp³-hybridized carbons (Fsp3) is 0.0714. The van der Waals surface area contributed by atoms with Gasteiger partial charge in [0.2, 0.25) is 0 Å². The summed E-state index contributed by atoms with van der Waals surface area (Å²) < 4.78 is 1.20. The zero-order chi connectivity index (χ0) is 13.2. The van der Waals surface area contributed by atoms with Crippen LogP contribution >= 0.6 is 34.5 Å². The van der Waals surface area contributed by atoms with Gasteiger partial charge in [-0.25, -0.2) is 4.98 Å². The van der Waals surface area contributed by atoms with Gasteiger partial charge in [-0.05, 0) is 30.3 Å². The van der Waals surface area contributed by atoms with Gasteiger partial charge in [0.25, 0.3) is 0 Å². The van der Waals surface area contributed by atoms with Crippen LogP contribution in [0.1, 0.15) is 5.01 Å². The van der Waals surface area contributed by atoms with Crippen molar-refractivity contribution in [1.29, 1.82) is 0 Å². The lowest BCUT2D eigenvalue weighted by Crippen LogP contribution is -1.98. The fourth-order valence-electron chi connectivity index (χ4n) is 1.83. The third-order valence-electron chi connectivity index (χ3n) is 2.64. The van der Waals surface area contributed by atoms with Crippen LogP contribution in [0.2, 0.25) is 10.0 Å². The normalized spacial score (nSPS) is 10.8. The van der Waals surface area contributed by atoms with E-state index in [0.717, 1.165) is 16.2 Å². The van der Waals surface area contributed by atoms with Gasteiger partial charge in [-0.3, -0.25) is 0 Å². The summed E-state index contributed by atoms with van der Waals surface area (Å²) in [4.78, 5) is 4.56. The number of rotatable bonds is 3. The van der Waals surface area contributed by atoms with Crippen LogP contribution in [0.5, 0.6) is 0 Å². The number of halogens is 2. The molecule has 1 aromatic heterocycles. The van der Waals surface area contributed by atoms with Crippen molar-refractivity contribution in [2.75, 3.05) is 5.32 Å². The highest BCUT2D eigenvalue weighted by Crippen LogP contribution is 2.25. The minimum Gasteiger partial charge on any atom is -0.378 e. The summed E-state index contributed by atoms with van der Waals surface area (Å²) in [6.45, 7) is 0.663. The Labute approximate surface area is 125 Å². The van der Waals surface area contributed by atoms with Crippen molar-refractivity contribution in [3.8, 4) is 0 Å². The largest absolute Gasteiger partial charge is 0.378 e. The molecule has 2 aromatic carbocycles. The molecule has 0 aliphatic rings. The molecule has 0 atom stereocenters. The highest BCUT2D eigenvalue weighted by Gasteiger charge is 2.03. The molecular formula is C14H10Cl2N2S. The average molecular weight is 309 g/mol. The predicted octanol–water partition coefficient (Wildman–Crippen LogP) is 5.22. The molecule has 0 saturated heterocycles. The topological polar surface area (TPSA) is 24.9 Å². The number of nitrogens with zero attached hydrogens (tertiary/aromatic N) is 1. The van der Waals surface area contributed by atoms with Crippen molar-refractivity contribution < 1.29 is 0 Å². The third-order valence-corrected chi connectivity index (χ3v) is 4.12. The average Bonchev–Trinajstić information content (AvgIpc) is 2.78. The minimum absolute atomic E-state index is 0.624. The van der Waals surface area contributed by atoms with E-state index in [4.69, 9.17) is 23.2 Å². The van der Waals surface area contributed by atoms with Crippen molar-refractivity contribution in [2.45, 2.75) is 6.54 Å². The van der Waals surface area contributed by atoms with Crippen LogP contribution in [0.25, 0.3) is 10.2 Å². The maximum atomic E-state index is 5.96. The van der Waals surface area contributed by atoms with Crippen LogP contribution in [-0.2, 0) is 6.54 Å². The lowest BCUT2D eigenvalue weighted by Gasteiger charge is -2.05. The van der Waals surface area contributed by atoms with Gasteiger partial charge in [-0.1, -0.05) is 35.3 Å². The molecule has 0 amide bonds. The summed E-state index contributed by atoms with van der Waals surface area (Å²) in [6, 6.07) is 13.5. The Morgan fingerprint density at radius 3 is 2.53 bits per heavy atom. The Hall–Kier alpha value is -1.29. The zero-order valence-electron chi connectivity index (χ0n) is 9.86. The van der Waals surface area contributed by atoms with Crippen molar-refractivity contribution in [2.24, 2.45) is 0 Å². The van der Waals surface area contributed by atoms with Crippen molar-refractivity contribution in [3.05, 3.63) is 57.5 Å². The lowest BCUT2D eigenvalue weighted by atomic mass is 10.3. The van der Waals surface area contributed by atoms with E-state index in [2.05, 4.69) is 16.4 Å². The number of hydrogen-bond acceptors (Lipinski definition) is 3. The Morgan fingerprint density at radius 1 is 1.05 bits per heavy atom. The van der Waals surface area contributed by atoms with Crippen molar-refractivity contribution in [3.63, 3.8) is 0 Å². The molecule has 0 fully saturated rings. The quantitative estimate of drug-likeness (QED) is 0.718. The summed E-state index contributed by atoms with van der Waals surface area (Å²) >= 11 is 13.6. The van der Waals surface area contributed by atoms with Crippen LogP contribution in [0.4, 0.5) is 5.69 Å². The number of benzene rings is 2. The van der Waals surface area contributed by atoms with Crippen LogP contribution in [0, 0.1) is 0 Å². The van der Waals surface area contributed by atoms with E-state index in [-0.39, 0.29) is 0 Å². The van der Waals surface area contributed by atoms with Crippen LogP contribution < -0.4 is 5.32 Å². The summed E-state index contributed by atoms with van der Waals surface area (Å²) in [5.41, 5.74) is 1.94. The van der Waals surface area contributed by atoms with E-state index in [1.807, 2.05) is 30.3 Å². The molecule has 0 bridgehead atoms. The van der Waals surface area contributed by atoms with Gasteiger partial charge in [0, 0.05) is 15.7 Å². The first-order chi connectivity index (χ1) is 9.20. The zero-order valence-corrected chi connectivity index (χ0v) is 12.2. The standard InChI is InChI=1S/C14H10Cl2N2S/c15-9-5-10(16)7-11(6-9)17-8-14-18-12-3-1-2-4-13(12)19-14/h1-7,17H,8H2. The summed E-state index contributed by atoms with van der Waals surface area (Å²) in [5, 5.41) is 5.57. The van der Waals surface area contributed by atoms with E-state index in [1.165, 1.54) is 4.70 Å². The molecule has 96 valence electrons. The summed E-state index contributed by atoms with van der Waals surface area (Å²) in [7, 11) is 0. The molecule has 0 saturated carbocycles. The molecular weight excluding hydrogens is 299 g/mol. The van der Waals surface area contributed by atoms with Gasteiger partial charge in [-0.2, -0.15) is 0 Å². The Balaban J connectivity index is 1.78. The molecule has 0 aliphatic heterocycles. The molecule has 3 aromatic rings. The number of aromatic nitrogens is 1. The number of fused-ring (bicyclic) bond motifs is 1. The Kier molecular flexibility index (Phi) is 3.60. The lowest BCUT2D eigenvalue weighted by molar-refractivity contribution is 1.12. The smallest absolute Gasteiger partial charge is 0.113 e. The van der Waals surface area contributed by atoms with Crippen molar-refractivity contribution in [1.82, 2.24) is 4.98 Å². The Morgan fingerprint density at radius 2 is 1.79 bits per heavy atom. The van der Waals surface area contributed by atoms with Crippen LogP contribution in [0.15, 0.2) is 42.5 Å². The SMILES string of the molecule is Clc1cc(Cl)cc(NCc2nc3ccccc3s2)c1. The van der Waals surface area contributed by atoms with Gasteiger partial charge in [0.1, 0.15) is 5.01 Å². The van der Waals surface area contributed by atoms with Gasteiger partial charge < -0.3 is 5.32 Å². The summed E-state index contributed by atoms with van der Waals surface area (Å²) in [6.07, 6.45) is 0. The molecule has 5 heteroatoms. The second-order valence-electron chi connectivity index (χ2n) is 4.09. The number of nitrogens with one attached hydrogen (secondary N) is 1. The molecule has 0 spiro atoms. The molecule has 0 unspecified atom stereocenters. The monoisotopic (exact) mass is 308 g/mol. The maximum absolute atomic E-state index is 5.96. The van der Waals surface area contributed by atoms with E-state index in [9.17, 15) is 0 Å². The predicted molar refractivity (Wildman–Crippen MR) is 83.4 cm³/mol. The van der Waals surface area contributed by atoms with Crippen LogP contribution in [0.3, 0.4) is 0 Å². The van der Waals surface area contributed by atoms with Gasteiger partial charge in [-0.15, -0.1) is 11.3 Å². The molecule has 1 heterocycles. The van der Waals surface area contributed by atoms with Gasteiger partial charge >= 0.3 is 0 Å². The molecule has 2 nitrogen and oxygen atoms in total. The molecule has 3 rings (SSSR count). The van der Waals surface area contributed by atoms with Crippen molar-refractivity contribution >= 4 is 50.4 Å². The second kappa shape index (κ2) is 5.37. The first-order valence-corrected chi connectivity index (χ1v) is 7.32. The van der Waals surface area contributed by atoms with Gasteiger partial charge in [0.05, 0.1) is 16.8 Å². The molecule has 0 aliphatic carbocycles. The molecule has 1 N–H and O–H groups in total. The Bertz CT molecular complexity index is 671. The summed E-state index contributed by atoms with van der Waals surface area (Å²) in [5.74, 6) is 0. The number of para-hydroxylation sites is 1. The molecule has 0 radical (unpaired) electrons. The first kappa shape index (κ1) is 12.7. The number of thiazole rings is 1. The highest BCUT2D eigenvalue weighted by molar-refractivity contribution is 7.18. The maximum Gasteiger partial charge on any atom is 0.113 e. The van der Waals surface area contributed by atoms with E-state index < -0.39 is 0 Å². The second-order valence-corrected chi connectivity index (χ2v) is 6.08. The third kappa shape index (κ3) is 3.00. The number of anilines is 1. The highest BCUT2D eigenvalue weighted by atomic mass is 35.5. The van der Waals surface area contributed by atoms with E-state index in [0.29, 0.717) is 16.6 Å². The van der Waals surface area contributed by atoms with E-state index in [1.54, 1.807) is 17.4 Å². The minimum atomic E-state index is 0.624. The van der Waals surface area contributed by atoms with Crippen LogP contribution in [-0.4, -0.2) is 4.98 Å².